The van der Waals surface area contributed by atoms with E-state index in [-0.39, 0.29) is 0 Å². The van der Waals surface area contributed by atoms with Gasteiger partial charge < -0.3 is 9.84 Å². The van der Waals surface area contributed by atoms with E-state index in [0.717, 1.165) is 0 Å². The normalized spacial score (nSPS) is 14.4. The maximum atomic E-state index is 10.7. The number of thiol groups is 1. The Morgan fingerprint density at radius 2 is 2.27 bits per heavy atom. The molecule has 0 spiro atoms. The number of aliphatic hydroxyl groups excluding tert-OH is 1. The van der Waals surface area contributed by atoms with Crippen molar-refractivity contribution in [3.63, 3.8) is 0 Å². The summed E-state index contributed by atoms with van der Waals surface area (Å²) in [6.07, 6.45) is -1.32. The van der Waals surface area contributed by atoms with E-state index in [9.17, 15) is 9.90 Å². The van der Waals surface area contributed by atoms with Crippen LogP contribution in [0.4, 0.5) is 0 Å². The Labute approximate surface area is 98.4 Å². The monoisotopic (exact) mass is 246 g/mol. The summed E-state index contributed by atoms with van der Waals surface area (Å²) >= 11 is 9.31. The molecular formula is C10H11ClO3S. The third-order valence-electron chi connectivity index (χ3n) is 1.97. The van der Waals surface area contributed by atoms with E-state index in [0.29, 0.717) is 11.3 Å². The lowest BCUT2D eigenvalue weighted by molar-refractivity contribution is -0.119. The molecule has 2 atom stereocenters. The van der Waals surface area contributed by atoms with Crippen molar-refractivity contribution in [3.8, 4) is 5.75 Å². The standard InChI is InChI=1S/C10H11ClO3S/c1-14-7-4-2-3-6(5-7)9(15)8(12)10(11)13/h2-5,8-9,12,15H,1H3/t8-,9-/m0/s1. The van der Waals surface area contributed by atoms with Crippen molar-refractivity contribution < 1.29 is 14.6 Å². The van der Waals surface area contributed by atoms with E-state index >= 15 is 0 Å². The van der Waals surface area contributed by atoms with Crippen LogP contribution < -0.4 is 4.74 Å². The number of hydrogen-bond donors (Lipinski definition) is 2. The summed E-state index contributed by atoms with van der Waals surface area (Å²) in [5.41, 5.74) is 0.680. The molecule has 0 saturated heterocycles. The quantitative estimate of drug-likeness (QED) is 0.629. The van der Waals surface area contributed by atoms with Crippen molar-refractivity contribution in [2.24, 2.45) is 0 Å². The molecule has 5 heteroatoms. The van der Waals surface area contributed by atoms with E-state index in [2.05, 4.69) is 12.6 Å². The molecule has 0 radical (unpaired) electrons. The molecule has 1 rings (SSSR count). The van der Waals surface area contributed by atoms with Crippen LogP contribution in [0.3, 0.4) is 0 Å². The van der Waals surface area contributed by atoms with Crippen LogP contribution >= 0.6 is 24.2 Å². The molecule has 15 heavy (non-hydrogen) atoms. The highest BCUT2D eigenvalue weighted by molar-refractivity contribution is 7.80. The first-order valence-corrected chi connectivity index (χ1v) is 5.15. The number of benzene rings is 1. The maximum Gasteiger partial charge on any atom is 0.251 e. The van der Waals surface area contributed by atoms with Gasteiger partial charge in [-0.3, -0.25) is 4.79 Å². The molecule has 0 aliphatic heterocycles. The second-order valence-corrected chi connectivity index (χ2v) is 3.90. The molecule has 1 aromatic carbocycles. The fourth-order valence-electron chi connectivity index (χ4n) is 1.13. The molecule has 0 saturated carbocycles. The Morgan fingerprint density at radius 3 is 2.80 bits per heavy atom. The number of ether oxygens (including phenoxy) is 1. The molecule has 0 fully saturated rings. The van der Waals surface area contributed by atoms with Crippen molar-refractivity contribution in [1.29, 1.82) is 0 Å². The largest absolute Gasteiger partial charge is 0.497 e. The first kappa shape index (κ1) is 12.4. The molecule has 82 valence electrons. The van der Waals surface area contributed by atoms with Crippen molar-refractivity contribution >= 4 is 29.5 Å². The number of aliphatic hydroxyl groups is 1. The number of carbonyl (C=O) groups is 1. The summed E-state index contributed by atoms with van der Waals surface area (Å²) in [5, 5.41) is 7.94. The molecule has 0 bridgehead atoms. The van der Waals surface area contributed by atoms with E-state index in [1.807, 2.05) is 0 Å². The zero-order valence-corrected chi connectivity index (χ0v) is 9.70. The highest BCUT2D eigenvalue weighted by Crippen LogP contribution is 2.27. The van der Waals surface area contributed by atoms with Gasteiger partial charge in [0.1, 0.15) is 11.9 Å². The predicted molar refractivity (Wildman–Crippen MR) is 61.6 cm³/mol. The molecular weight excluding hydrogens is 236 g/mol. The molecule has 1 N–H and O–H groups in total. The Bertz CT molecular complexity index is 356. The lowest BCUT2D eigenvalue weighted by Crippen LogP contribution is -2.20. The average Bonchev–Trinajstić information content (AvgIpc) is 2.27. The van der Waals surface area contributed by atoms with Gasteiger partial charge in [0.05, 0.1) is 12.4 Å². The molecule has 3 nitrogen and oxygen atoms in total. The van der Waals surface area contributed by atoms with Gasteiger partial charge in [-0.25, -0.2) is 0 Å². The van der Waals surface area contributed by atoms with Crippen LogP contribution in [0, 0.1) is 0 Å². The lowest BCUT2D eigenvalue weighted by Gasteiger charge is -2.15. The van der Waals surface area contributed by atoms with Crippen LogP contribution in [-0.4, -0.2) is 23.6 Å². The fourth-order valence-corrected chi connectivity index (χ4v) is 1.64. The van der Waals surface area contributed by atoms with Gasteiger partial charge in [0.15, 0.2) is 0 Å². The second kappa shape index (κ2) is 5.39. The van der Waals surface area contributed by atoms with E-state index in [4.69, 9.17) is 16.3 Å². The van der Waals surface area contributed by atoms with Crippen LogP contribution in [0.5, 0.6) is 5.75 Å². The maximum absolute atomic E-state index is 10.7. The number of rotatable bonds is 4. The van der Waals surface area contributed by atoms with E-state index in [1.165, 1.54) is 7.11 Å². The molecule has 0 aliphatic rings. The molecule has 0 aromatic heterocycles. The predicted octanol–water partition coefficient (Wildman–Crippen LogP) is 1.79. The van der Waals surface area contributed by atoms with Gasteiger partial charge in [-0.1, -0.05) is 12.1 Å². The summed E-state index contributed by atoms with van der Waals surface area (Å²) in [6, 6.07) is 6.95. The molecule has 1 aromatic rings. The zero-order chi connectivity index (χ0) is 11.4. The van der Waals surface area contributed by atoms with Crippen molar-refractivity contribution in [2.45, 2.75) is 11.4 Å². The lowest BCUT2D eigenvalue weighted by atomic mass is 10.1. The minimum Gasteiger partial charge on any atom is -0.497 e. The molecule has 0 aliphatic carbocycles. The van der Waals surface area contributed by atoms with Crippen LogP contribution in [-0.2, 0) is 4.79 Å². The Morgan fingerprint density at radius 1 is 1.60 bits per heavy atom. The van der Waals surface area contributed by atoms with E-state index < -0.39 is 16.6 Å². The van der Waals surface area contributed by atoms with Gasteiger partial charge in [0.25, 0.3) is 5.24 Å². The highest BCUT2D eigenvalue weighted by atomic mass is 35.5. The minimum atomic E-state index is -1.32. The van der Waals surface area contributed by atoms with Crippen molar-refractivity contribution in [1.82, 2.24) is 0 Å². The second-order valence-electron chi connectivity index (χ2n) is 2.97. The zero-order valence-electron chi connectivity index (χ0n) is 8.05. The summed E-state index contributed by atoms with van der Waals surface area (Å²) in [6.45, 7) is 0. The van der Waals surface area contributed by atoms with Crippen molar-refractivity contribution in [3.05, 3.63) is 29.8 Å². The Hall–Kier alpha value is -0.710. The average molecular weight is 247 g/mol. The third kappa shape index (κ3) is 3.12. The Balaban J connectivity index is 2.90. The summed E-state index contributed by atoms with van der Waals surface area (Å²) in [5.74, 6) is 0.640. The fraction of sp³-hybridized carbons (Fsp3) is 0.300. The van der Waals surface area contributed by atoms with E-state index in [1.54, 1.807) is 24.3 Å². The topological polar surface area (TPSA) is 46.5 Å². The summed E-state index contributed by atoms with van der Waals surface area (Å²) in [7, 11) is 1.54. The first-order valence-electron chi connectivity index (χ1n) is 4.25. The van der Waals surface area contributed by atoms with Crippen LogP contribution in [0.15, 0.2) is 24.3 Å². The smallest absolute Gasteiger partial charge is 0.251 e. The van der Waals surface area contributed by atoms with Gasteiger partial charge >= 0.3 is 0 Å². The minimum absolute atomic E-state index is 0.640. The first-order chi connectivity index (χ1) is 7.06. The number of hydrogen-bond acceptors (Lipinski definition) is 4. The molecule has 0 amide bonds. The summed E-state index contributed by atoms with van der Waals surface area (Å²) in [4.78, 5) is 10.7. The molecule has 0 unspecified atom stereocenters. The summed E-state index contributed by atoms with van der Waals surface area (Å²) < 4.78 is 5.01. The Kier molecular flexibility index (Phi) is 4.45. The van der Waals surface area contributed by atoms with Crippen molar-refractivity contribution in [2.75, 3.05) is 7.11 Å². The number of carbonyl (C=O) groups excluding carboxylic acids is 1. The SMILES string of the molecule is COc1cccc([C@H](S)[C@H](O)C(=O)Cl)c1. The number of halogens is 1. The molecule has 0 heterocycles. The van der Waals surface area contributed by atoms with Gasteiger partial charge in [-0.05, 0) is 29.3 Å². The van der Waals surface area contributed by atoms with Gasteiger partial charge in [0, 0.05) is 0 Å². The third-order valence-corrected chi connectivity index (χ3v) is 2.77. The highest BCUT2D eigenvalue weighted by Gasteiger charge is 2.23. The number of methoxy groups -OCH3 is 1. The van der Waals surface area contributed by atoms with Crippen LogP contribution in [0.1, 0.15) is 10.8 Å². The van der Waals surface area contributed by atoms with Gasteiger partial charge in [0.2, 0.25) is 0 Å². The van der Waals surface area contributed by atoms with Crippen LogP contribution in [0.2, 0.25) is 0 Å². The van der Waals surface area contributed by atoms with Gasteiger partial charge in [-0.15, -0.1) is 0 Å². The van der Waals surface area contributed by atoms with Crippen LogP contribution in [0.25, 0.3) is 0 Å². The van der Waals surface area contributed by atoms with Gasteiger partial charge in [-0.2, -0.15) is 12.6 Å².